The first kappa shape index (κ1) is 11.4. The molecule has 0 bridgehead atoms. The number of benzene rings is 1. The van der Waals surface area contributed by atoms with Crippen LogP contribution >= 0.6 is 0 Å². The van der Waals surface area contributed by atoms with Gasteiger partial charge in [-0.1, -0.05) is 26.8 Å². The minimum Gasteiger partial charge on any atom is -0.294 e. The van der Waals surface area contributed by atoms with Crippen molar-refractivity contribution >= 4 is 5.78 Å². The molecule has 0 N–H and O–H groups in total. The van der Waals surface area contributed by atoms with Crippen LogP contribution in [0.15, 0.2) is 18.2 Å². The fourth-order valence-corrected chi connectivity index (χ4v) is 1.23. The van der Waals surface area contributed by atoms with Crippen molar-refractivity contribution in [3.63, 3.8) is 0 Å². The summed E-state index contributed by atoms with van der Waals surface area (Å²) in [6, 6.07) is 5.82. The standard InChI is InChI=1S/C12H12FNO/c1-12(2,3)11(15)8-5-4-6-10(13)9(8)7-14/h4-6H,1-3H3. The molecule has 1 aromatic rings. The molecule has 0 fully saturated rings. The van der Waals surface area contributed by atoms with Crippen LogP contribution in [0.4, 0.5) is 4.39 Å². The molecular formula is C12H12FNO. The smallest absolute Gasteiger partial charge is 0.169 e. The highest BCUT2D eigenvalue weighted by atomic mass is 19.1. The highest BCUT2D eigenvalue weighted by Gasteiger charge is 2.26. The second-order valence-electron chi connectivity index (χ2n) is 4.35. The molecule has 15 heavy (non-hydrogen) atoms. The van der Waals surface area contributed by atoms with Crippen LogP contribution in [0.1, 0.15) is 36.7 Å². The minimum atomic E-state index is -0.646. The van der Waals surface area contributed by atoms with Crippen LogP contribution in [0.5, 0.6) is 0 Å². The fraction of sp³-hybridized carbons (Fsp3) is 0.333. The number of halogens is 1. The van der Waals surface area contributed by atoms with Crippen molar-refractivity contribution < 1.29 is 9.18 Å². The molecule has 0 heterocycles. The SMILES string of the molecule is CC(C)(C)C(=O)c1cccc(F)c1C#N. The molecule has 0 saturated heterocycles. The third kappa shape index (κ3) is 2.21. The van der Waals surface area contributed by atoms with Crippen molar-refractivity contribution in [2.45, 2.75) is 20.8 Å². The average molecular weight is 205 g/mol. The molecule has 0 radical (unpaired) electrons. The highest BCUT2D eigenvalue weighted by molar-refractivity contribution is 6.01. The number of carbonyl (C=O) groups is 1. The second-order valence-corrected chi connectivity index (χ2v) is 4.35. The summed E-state index contributed by atoms with van der Waals surface area (Å²) in [6.45, 7) is 5.21. The van der Waals surface area contributed by atoms with Gasteiger partial charge in [-0.25, -0.2) is 4.39 Å². The molecule has 0 aliphatic carbocycles. The Kier molecular flexibility index (Phi) is 2.90. The van der Waals surface area contributed by atoms with Crippen LogP contribution < -0.4 is 0 Å². The molecule has 3 heteroatoms. The fourth-order valence-electron chi connectivity index (χ4n) is 1.23. The van der Waals surface area contributed by atoms with Crippen LogP contribution in [0.3, 0.4) is 0 Å². The first-order chi connectivity index (χ1) is 6.88. The van der Waals surface area contributed by atoms with Gasteiger partial charge in [-0.05, 0) is 12.1 Å². The zero-order valence-electron chi connectivity index (χ0n) is 8.97. The van der Waals surface area contributed by atoms with E-state index in [1.54, 1.807) is 26.8 Å². The van der Waals surface area contributed by atoms with Gasteiger partial charge in [-0.2, -0.15) is 5.26 Å². The normalized spacial score (nSPS) is 10.9. The number of ketones is 1. The Morgan fingerprint density at radius 2 is 2.00 bits per heavy atom. The molecule has 0 spiro atoms. The van der Waals surface area contributed by atoms with E-state index in [2.05, 4.69) is 0 Å². The Balaban J connectivity index is 3.34. The third-order valence-corrected chi connectivity index (χ3v) is 2.05. The molecule has 0 amide bonds. The lowest BCUT2D eigenvalue weighted by molar-refractivity contribution is 0.0857. The Hall–Kier alpha value is -1.69. The summed E-state index contributed by atoms with van der Waals surface area (Å²) in [7, 11) is 0. The van der Waals surface area contributed by atoms with Crippen molar-refractivity contribution in [1.29, 1.82) is 5.26 Å². The summed E-state index contributed by atoms with van der Waals surface area (Å²) < 4.78 is 13.2. The van der Waals surface area contributed by atoms with E-state index >= 15 is 0 Å². The number of carbonyl (C=O) groups excluding carboxylic acids is 1. The Bertz CT molecular complexity index is 438. The number of nitrogens with zero attached hydrogens (tertiary/aromatic N) is 1. The summed E-state index contributed by atoms with van der Waals surface area (Å²) in [6.07, 6.45) is 0. The van der Waals surface area contributed by atoms with Crippen LogP contribution in [0.2, 0.25) is 0 Å². The molecule has 0 aliphatic rings. The molecule has 0 unspecified atom stereocenters. The molecule has 0 saturated carbocycles. The lowest BCUT2D eigenvalue weighted by Crippen LogP contribution is -2.21. The first-order valence-corrected chi connectivity index (χ1v) is 4.61. The largest absolute Gasteiger partial charge is 0.294 e. The highest BCUT2D eigenvalue weighted by Crippen LogP contribution is 2.23. The molecule has 1 rings (SSSR count). The number of hydrogen-bond donors (Lipinski definition) is 0. The Labute approximate surface area is 88.3 Å². The van der Waals surface area contributed by atoms with Crippen molar-refractivity contribution in [3.8, 4) is 6.07 Å². The number of nitriles is 1. The van der Waals surface area contributed by atoms with Gasteiger partial charge in [0.05, 0.1) is 5.56 Å². The molecule has 0 aliphatic heterocycles. The average Bonchev–Trinajstić information content (AvgIpc) is 2.14. The monoisotopic (exact) mass is 205 g/mol. The second kappa shape index (κ2) is 3.82. The first-order valence-electron chi connectivity index (χ1n) is 4.61. The van der Waals surface area contributed by atoms with Crippen LogP contribution in [-0.4, -0.2) is 5.78 Å². The van der Waals surface area contributed by atoms with Crippen molar-refractivity contribution in [3.05, 3.63) is 35.1 Å². The van der Waals surface area contributed by atoms with E-state index in [0.29, 0.717) is 0 Å². The van der Waals surface area contributed by atoms with E-state index in [1.807, 2.05) is 0 Å². The number of rotatable bonds is 1. The van der Waals surface area contributed by atoms with E-state index in [0.717, 1.165) is 0 Å². The van der Waals surface area contributed by atoms with Crippen LogP contribution in [0.25, 0.3) is 0 Å². The van der Waals surface area contributed by atoms with Crippen LogP contribution in [0, 0.1) is 22.6 Å². The maximum absolute atomic E-state index is 13.2. The number of hydrogen-bond acceptors (Lipinski definition) is 2. The van der Waals surface area contributed by atoms with Gasteiger partial charge in [0.15, 0.2) is 5.78 Å². The van der Waals surface area contributed by atoms with E-state index in [-0.39, 0.29) is 16.9 Å². The van der Waals surface area contributed by atoms with E-state index in [9.17, 15) is 9.18 Å². The summed E-state index contributed by atoms with van der Waals surface area (Å²) >= 11 is 0. The molecular weight excluding hydrogens is 193 g/mol. The van der Waals surface area contributed by atoms with Gasteiger partial charge in [-0.15, -0.1) is 0 Å². The van der Waals surface area contributed by atoms with Gasteiger partial charge in [0, 0.05) is 11.0 Å². The molecule has 0 aromatic heterocycles. The topological polar surface area (TPSA) is 40.9 Å². The van der Waals surface area contributed by atoms with Gasteiger partial charge < -0.3 is 0 Å². The van der Waals surface area contributed by atoms with Gasteiger partial charge >= 0.3 is 0 Å². The van der Waals surface area contributed by atoms with Gasteiger partial charge in [0.2, 0.25) is 0 Å². The van der Waals surface area contributed by atoms with Crippen molar-refractivity contribution in [1.82, 2.24) is 0 Å². The van der Waals surface area contributed by atoms with Crippen molar-refractivity contribution in [2.24, 2.45) is 5.41 Å². The van der Waals surface area contributed by atoms with E-state index < -0.39 is 11.2 Å². The summed E-state index contributed by atoms with van der Waals surface area (Å²) in [5.74, 6) is -0.869. The lowest BCUT2D eigenvalue weighted by atomic mass is 9.85. The van der Waals surface area contributed by atoms with Gasteiger partial charge in [0.1, 0.15) is 11.9 Å². The maximum atomic E-state index is 13.2. The third-order valence-electron chi connectivity index (χ3n) is 2.05. The van der Waals surface area contributed by atoms with Gasteiger partial charge in [0.25, 0.3) is 0 Å². The maximum Gasteiger partial charge on any atom is 0.169 e. The summed E-state index contributed by atoms with van der Waals surface area (Å²) in [4.78, 5) is 11.9. The zero-order valence-corrected chi connectivity index (χ0v) is 8.97. The summed E-state index contributed by atoms with van der Waals surface area (Å²) in [5, 5.41) is 8.77. The quantitative estimate of drug-likeness (QED) is 0.661. The van der Waals surface area contributed by atoms with Crippen LogP contribution in [-0.2, 0) is 0 Å². The summed E-state index contributed by atoms with van der Waals surface area (Å²) in [5.41, 5.74) is -0.623. The predicted octanol–water partition coefficient (Wildman–Crippen LogP) is 2.93. The molecule has 2 nitrogen and oxygen atoms in total. The molecule has 78 valence electrons. The lowest BCUT2D eigenvalue weighted by Gasteiger charge is -2.17. The zero-order chi connectivity index (χ0) is 11.6. The Morgan fingerprint density at radius 1 is 1.40 bits per heavy atom. The van der Waals surface area contributed by atoms with Crippen molar-refractivity contribution in [2.75, 3.05) is 0 Å². The van der Waals surface area contributed by atoms with E-state index in [4.69, 9.17) is 5.26 Å². The number of Topliss-reactive ketones (excluding diaryl/α,β-unsaturated/α-hetero) is 1. The Morgan fingerprint density at radius 3 is 2.47 bits per heavy atom. The van der Waals surface area contributed by atoms with Gasteiger partial charge in [-0.3, -0.25) is 4.79 Å². The molecule has 1 aromatic carbocycles. The molecule has 0 atom stereocenters. The van der Waals surface area contributed by atoms with E-state index in [1.165, 1.54) is 18.2 Å². The predicted molar refractivity (Wildman–Crippen MR) is 54.9 cm³/mol. The minimum absolute atomic E-state index is 0.157.